The van der Waals surface area contributed by atoms with E-state index in [9.17, 15) is 10.1 Å². The number of aromatic nitrogens is 2. The Labute approximate surface area is 123 Å². The number of anilines is 1. The second-order valence-corrected chi connectivity index (χ2v) is 5.21. The maximum atomic E-state index is 11.2. The van der Waals surface area contributed by atoms with Crippen molar-refractivity contribution in [2.75, 3.05) is 31.1 Å². The van der Waals surface area contributed by atoms with Crippen molar-refractivity contribution in [1.29, 1.82) is 5.26 Å². The summed E-state index contributed by atoms with van der Waals surface area (Å²) in [5.41, 5.74) is 0.515. The highest BCUT2D eigenvalue weighted by Crippen LogP contribution is 2.31. The van der Waals surface area contributed by atoms with E-state index in [4.69, 9.17) is 5.26 Å². The molecule has 1 aromatic rings. The molecule has 114 valence electrons. The molecule has 8 nitrogen and oxygen atoms in total. The van der Waals surface area contributed by atoms with Gasteiger partial charge in [0.1, 0.15) is 5.69 Å². The van der Waals surface area contributed by atoms with E-state index < -0.39 is 0 Å². The Hall–Kier alpha value is -2.14. The highest BCUT2D eigenvalue weighted by molar-refractivity contribution is 5.61. The van der Waals surface area contributed by atoms with Gasteiger partial charge in [0.2, 0.25) is 5.82 Å². The van der Waals surface area contributed by atoms with Crippen molar-refractivity contribution in [3.05, 3.63) is 15.8 Å². The number of nitriles is 1. The van der Waals surface area contributed by atoms with E-state index in [0.29, 0.717) is 24.6 Å². The van der Waals surface area contributed by atoms with Gasteiger partial charge in [-0.15, -0.1) is 0 Å². The van der Waals surface area contributed by atoms with Crippen LogP contribution >= 0.6 is 0 Å². The first kappa shape index (κ1) is 15.3. The molecule has 21 heavy (non-hydrogen) atoms. The standard InChI is InChI=1S/C13H20N6O2/c1-4-11(9-14)17-5-7-18(8-6-17)13-12(19(20)21)10(2)15-16(13)3/h11H,4-8H2,1-3H3. The molecular weight excluding hydrogens is 272 g/mol. The molecule has 0 bridgehead atoms. The van der Waals surface area contributed by atoms with Crippen molar-refractivity contribution in [3.8, 4) is 6.07 Å². The quantitative estimate of drug-likeness (QED) is 0.608. The fourth-order valence-electron chi connectivity index (χ4n) is 2.88. The summed E-state index contributed by atoms with van der Waals surface area (Å²) in [5.74, 6) is 0.558. The minimum Gasteiger partial charge on any atom is -0.349 e. The van der Waals surface area contributed by atoms with Gasteiger partial charge in [-0.25, -0.2) is 4.68 Å². The number of hydrogen-bond donors (Lipinski definition) is 0. The van der Waals surface area contributed by atoms with E-state index in [1.165, 1.54) is 0 Å². The van der Waals surface area contributed by atoms with Crippen LogP contribution in [-0.4, -0.2) is 51.8 Å². The van der Waals surface area contributed by atoms with Gasteiger partial charge in [0.25, 0.3) is 0 Å². The normalized spacial score (nSPS) is 17.5. The van der Waals surface area contributed by atoms with Gasteiger partial charge >= 0.3 is 5.69 Å². The largest absolute Gasteiger partial charge is 0.349 e. The van der Waals surface area contributed by atoms with Crippen molar-refractivity contribution < 1.29 is 4.92 Å². The predicted octanol–water partition coefficient (Wildman–Crippen LogP) is 1.06. The Morgan fingerprint density at radius 2 is 2.05 bits per heavy atom. The number of piperazine rings is 1. The Bertz CT molecular complexity index is 568. The first-order chi connectivity index (χ1) is 9.99. The topological polar surface area (TPSA) is 91.2 Å². The molecule has 1 aliphatic rings. The fraction of sp³-hybridized carbons (Fsp3) is 0.692. The maximum Gasteiger partial charge on any atom is 0.333 e. The third kappa shape index (κ3) is 2.83. The van der Waals surface area contributed by atoms with Gasteiger partial charge < -0.3 is 4.90 Å². The highest BCUT2D eigenvalue weighted by Gasteiger charge is 2.31. The first-order valence-electron chi connectivity index (χ1n) is 7.06. The van der Waals surface area contributed by atoms with Crippen LogP contribution < -0.4 is 4.90 Å². The molecule has 0 aliphatic carbocycles. The van der Waals surface area contributed by atoms with Gasteiger partial charge in [-0.2, -0.15) is 10.4 Å². The van der Waals surface area contributed by atoms with Crippen LogP contribution in [0.1, 0.15) is 19.0 Å². The molecule has 1 atom stereocenters. The van der Waals surface area contributed by atoms with E-state index >= 15 is 0 Å². The number of nitrogens with zero attached hydrogens (tertiary/aromatic N) is 6. The van der Waals surface area contributed by atoms with Crippen molar-refractivity contribution in [2.45, 2.75) is 26.3 Å². The number of hydrogen-bond acceptors (Lipinski definition) is 6. The van der Waals surface area contributed by atoms with E-state index in [0.717, 1.165) is 19.5 Å². The third-order valence-corrected chi connectivity index (χ3v) is 3.93. The first-order valence-corrected chi connectivity index (χ1v) is 7.06. The molecule has 0 spiro atoms. The lowest BCUT2D eigenvalue weighted by Crippen LogP contribution is -2.50. The molecule has 1 aromatic heterocycles. The summed E-state index contributed by atoms with van der Waals surface area (Å²) in [4.78, 5) is 15.0. The average Bonchev–Trinajstić information content (AvgIpc) is 2.75. The summed E-state index contributed by atoms with van der Waals surface area (Å²) in [6.07, 6.45) is 0.793. The zero-order valence-electron chi connectivity index (χ0n) is 12.6. The van der Waals surface area contributed by atoms with E-state index in [1.54, 1.807) is 18.7 Å². The van der Waals surface area contributed by atoms with Crippen molar-refractivity contribution in [1.82, 2.24) is 14.7 Å². The van der Waals surface area contributed by atoms with Crippen LogP contribution in [0.2, 0.25) is 0 Å². The monoisotopic (exact) mass is 292 g/mol. The lowest BCUT2D eigenvalue weighted by atomic mass is 10.2. The van der Waals surface area contributed by atoms with Crippen LogP contribution in [0.3, 0.4) is 0 Å². The average molecular weight is 292 g/mol. The van der Waals surface area contributed by atoms with Crippen LogP contribution in [0.5, 0.6) is 0 Å². The minimum absolute atomic E-state index is 0.0737. The van der Waals surface area contributed by atoms with Gasteiger partial charge in [0.05, 0.1) is 17.0 Å². The summed E-state index contributed by atoms with van der Waals surface area (Å²) in [7, 11) is 1.73. The smallest absolute Gasteiger partial charge is 0.333 e. The molecule has 8 heteroatoms. The van der Waals surface area contributed by atoms with Crippen LogP contribution in [0.15, 0.2) is 0 Å². The summed E-state index contributed by atoms with van der Waals surface area (Å²) < 4.78 is 1.57. The molecule has 1 fully saturated rings. The maximum absolute atomic E-state index is 11.2. The van der Waals surface area contributed by atoms with E-state index in [-0.39, 0.29) is 16.7 Å². The minimum atomic E-state index is -0.367. The van der Waals surface area contributed by atoms with E-state index in [1.807, 2.05) is 11.8 Å². The number of nitro groups is 1. The van der Waals surface area contributed by atoms with Crippen LogP contribution in [0, 0.1) is 28.4 Å². The molecule has 0 N–H and O–H groups in total. The van der Waals surface area contributed by atoms with Gasteiger partial charge in [-0.05, 0) is 13.3 Å². The zero-order valence-corrected chi connectivity index (χ0v) is 12.6. The Morgan fingerprint density at radius 1 is 1.43 bits per heavy atom. The number of rotatable bonds is 4. The molecule has 2 rings (SSSR count). The lowest BCUT2D eigenvalue weighted by molar-refractivity contribution is -0.384. The van der Waals surface area contributed by atoms with Crippen LogP contribution in [0.25, 0.3) is 0 Å². The SMILES string of the molecule is CCC(C#N)N1CCN(c2c([N+](=O)[O-])c(C)nn2C)CC1. The van der Waals surface area contributed by atoms with Crippen LogP contribution in [0.4, 0.5) is 11.5 Å². The molecule has 1 unspecified atom stereocenters. The lowest BCUT2D eigenvalue weighted by Gasteiger charge is -2.37. The van der Waals surface area contributed by atoms with Gasteiger partial charge in [0.15, 0.2) is 0 Å². The molecule has 0 saturated carbocycles. The predicted molar refractivity (Wildman–Crippen MR) is 78.1 cm³/mol. The van der Waals surface area contributed by atoms with Crippen LogP contribution in [-0.2, 0) is 7.05 Å². The third-order valence-electron chi connectivity index (χ3n) is 3.93. The van der Waals surface area contributed by atoms with Gasteiger partial charge in [-0.3, -0.25) is 15.0 Å². The Morgan fingerprint density at radius 3 is 2.52 bits per heavy atom. The Kier molecular flexibility index (Phi) is 4.43. The second-order valence-electron chi connectivity index (χ2n) is 5.21. The highest BCUT2D eigenvalue weighted by atomic mass is 16.6. The van der Waals surface area contributed by atoms with Gasteiger partial charge in [-0.1, -0.05) is 6.92 Å². The van der Waals surface area contributed by atoms with Crippen molar-refractivity contribution >= 4 is 11.5 Å². The molecular formula is C13H20N6O2. The van der Waals surface area contributed by atoms with Gasteiger partial charge in [0, 0.05) is 33.2 Å². The molecule has 0 aromatic carbocycles. The van der Waals surface area contributed by atoms with Crippen molar-refractivity contribution in [2.24, 2.45) is 7.05 Å². The van der Waals surface area contributed by atoms with Crippen molar-refractivity contribution in [3.63, 3.8) is 0 Å². The Balaban J connectivity index is 2.17. The summed E-state index contributed by atoms with van der Waals surface area (Å²) in [6, 6.07) is 2.23. The zero-order chi connectivity index (χ0) is 15.6. The summed E-state index contributed by atoms with van der Waals surface area (Å²) >= 11 is 0. The summed E-state index contributed by atoms with van der Waals surface area (Å²) in [5, 5.41) is 24.5. The molecule has 2 heterocycles. The fourth-order valence-corrected chi connectivity index (χ4v) is 2.88. The van der Waals surface area contributed by atoms with E-state index in [2.05, 4.69) is 16.1 Å². The number of aryl methyl sites for hydroxylation is 2. The second kappa shape index (κ2) is 6.10. The summed E-state index contributed by atoms with van der Waals surface area (Å²) in [6.45, 7) is 6.44. The molecule has 1 saturated heterocycles. The molecule has 0 radical (unpaired) electrons. The molecule has 1 aliphatic heterocycles. The molecule has 0 amide bonds.